The van der Waals surface area contributed by atoms with E-state index in [0.29, 0.717) is 13.4 Å². The van der Waals surface area contributed by atoms with Crippen LogP contribution in [0, 0.1) is 5.82 Å². The molecule has 1 rings (SSSR count). The van der Waals surface area contributed by atoms with Gasteiger partial charge in [-0.3, -0.25) is 0 Å². The lowest BCUT2D eigenvalue weighted by molar-refractivity contribution is -0.119. The lowest BCUT2D eigenvalue weighted by Gasteiger charge is -2.19. The molecule has 0 aliphatic heterocycles. The van der Waals surface area contributed by atoms with Crippen molar-refractivity contribution >= 4 is 0 Å². The van der Waals surface area contributed by atoms with E-state index in [4.69, 9.17) is 9.47 Å². The average molecular weight is 226 g/mol. The molecule has 16 heavy (non-hydrogen) atoms. The van der Waals surface area contributed by atoms with Crippen LogP contribution in [0.15, 0.2) is 24.3 Å². The zero-order valence-corrected chi connectivity index (χ0v) is 10.1. The van der Waals surface area contributed by atoms with E-state index in [9.17, 15) is 4.39 Å². The second-order valence-electron chi connectivity index (χ2n) is 4.66. The minimum atomic E-state index is -0.208. The molecule has 0 unspecified atom stereocenters. The average Bonchev–Trinajstić information content (AvgIpc) is 2.19. The van der Waals surface area contributed by atoms with Gasteiger partial charge in [0.05, 0.1) is 12.2 Å². The molecule has 3 heteroatoms. The fourth-order valence-corrected chi connectivity index (χ4v) is 1.12. The summed E-state index contributed by atoms with van der Waals surface area (Å²) in [5, 5.41) is 0. The first-order valence-electron chi connectivity index (χ1n) is 5.43. The number of ether oxygens (including phenoxy) is 2. The Labute approximate surface area is 96.4 Å². The minimum absolute atomic E-state index is 0.171. The van der Waals surface area contributed by atoms with Crippen LogP contribution in [0.4, 0.5) is 4.39 Å². The van der Waals surface area contributed by atoms with Gasteiger partial charge < -0.3 is 9.47 Å². The van der Waals surface area contributed by atoms with Crippen LogP contribution in [-0.2, 0) is 15.9 Å². The highest BCUT2D eigenvalue weighted by molar-refractivity contribution is 5.15. The molecule has 0 aliphatic carbocycles. The fraction of sp³-hybridized carbons (Fsp3) is 0.538. The predicted molar refractivity (Wildman–Crippen MR) is 61.8 cm³/mol. The van der Waals surface area contributed by atoms with Gasteiger partial charge in [0.25, 0.3) is 0 Å². The van der Waals surface area contributed by atoms with Crippen molar-refractivity contribution in [2.24, 2.45) is 0 Å². The summed E-state index contributed by atoms with van der Waals surface area (Å²) in [6.45, 7) is 6.83. The van der Waals surface area contributed by atoms with Gasteiger partial charge in [0.15, 0.2) is 0 Å². The van der Waals surface area contributed by atoms with E-state index in [1.807, 2.05) is 20.8 Å². The van der Waals surface area contributed by atoms with E-state index < -0.39 is 0 Å². The molecule has 1 aromatic carbocycles. The van der Waals surface area contributed by atoms with Crippen molar-refractivity contribution in [2.45, 2.75) is 32.8 Å². The zero-order valence-electron chi connectivity index (χ0n) is 10.1. The van der Waals surface area contributed by atoms with Gasteiger partial charge in [-0.1, -0.05) is 12.1 Å². The summed E-state index contributed by atoms with van der Waals surface area (Å²) in [4.78, 5) is 0. The van der Waals surface area contributed by atoms with Crippen molar-refractivity contribution in [3.8, 4) is 0 Å². The molecule has 0 aliphatic rings. The number of hydrogen-bond donors (Lipinski definition) is 0. The van der Waals surface area contributed by atoms with Gasteiger partial charge in [0.1, 0.15) is 12.6 Å². The van der Waals surface area contributed by atoms with Crippen LogP contribution < -0.4 is 0 Å². The van der Waals surface area contributed by atoms with Crippen molar-refractivity contribution in [1.29, 1.82) is 0 Å². The van der Waals surface area contributed by atoms with Crippen LogP contribution in [0.3, 0.4) is 0 Å². The van der Waals surface area contributed by atoms with Crippen LogP contribution in [-0.4, -0.2) is 19.0 Å². The number of hydrogen-bond acceptors (Lipinski definition) is 2. The topological polar surface area (TPSA) is 18.5 Å². The third-order valence-electron chi connectivity index (χ3n) is 2.02. The van der Waals surface area contributed by atoms with Crippen molar-refractivity contribution in [1.82, 2.24) is 0 Å². The molecule has 0 saturated carbocycles. The molecule has 0 N–H and O–H groups in total. The van der Waals surface area contributed by atoms with Gasteiger partial charge in [-0.2, -0.15) is 0 Å². The van der Waals surface area contributed by atoms with Crippen LogP contribution >= 0.6 is 0 Å². The third kappa shape index (κ3) is 5.83. The van der Waals surface area contributed by atoms with Crippen LogP contribution in [0.1, 0.15) is 26.3 Å². The van der Waals surface area contributed by atoms with E-state index in [2.05, 4.69) is 0 Å². The van der Waals surface area contributed by atoms with Gasteiger partial charge in [-0.25, -0.2) is 4.39 Å². The van der Waals surface area contributed by atoms with Gasteiger partial charge in [-0.15, -0.1) is 0 Å². The lowest BCUT2D eigenvalue weighted by atomic mass is 10.2. The maximum Gasteiger partial charge on any atom is 0.147 e. The lowest BCUT2D eigenvalue weighted by Crippen LogP contribution is -2.21. The van der Waals surface area contributed by atoms with E-state index in [1.165, 1.54) is 12.1 Å². The monoisotopic (exact) mass is 226 g/mol. The molecule has 0 atom stereocenters. The fourth-order valence-electron chi connectivity index (χ4n) is 1.12. The molecule has 0 bridgehead atoms. The SMILES string of the molecule is CC(C)(C)OCOCCc1ccc(F)cc1. The van der Waals surface area contributed by atoms with Crippen molar-refractivity contribution < 1.29 is 13.9 Å². The summed E-state index contributed by atoms with van der Waals surface area (Å²) < 4.78 is 23.3. The minimum Gasteiger partial charge on any atom is -0.355 e. The smallest absolute Gasteiger partial charge is 0.147 e. The van der Waals surface area contributed by atoms with Gasteiger partial charge in [0.2, 0.25) is 0 Å². The van der Waals surface area contributed by atoms with Crippen LogP contribution in [0.5, 0.6) is 0 Å². The Hall–Kier alpha value is -0.930. The van der Waals surface area contributed by atoms with Gasteiger partial charge >= 0.3 is 0 Å². The number of rotatable bonds is 5. The molecular formula is C13H19FO2. The Morgan fingerprint density at radius 1 is 1.12 bits per heavy atom. The largest absolute Gasteiger partial charge is 0.355 e. The summed E-state index contributed by atoms with van der Waals surface area (Å²) in [5.41, 5.74) is 0.896. The predicted octanol–water partition coefficient (Wildman–Crippen LogP) is 3.16. The van der Waals surface area contributed by atoms with Crippen molar-refractivity contribution in [3.63, 3.8) is 0 Å². The molecule has 2 nitrogen and oxygen atoms in total. The maximum absolute atomic E-state index is 12.6. The Morgan fingerprint density at radius 2 is 1.75 bits per heavy atom. The highest BCUT2D eigenvalue weighted by Gasteiger charge is 2.08. The molecule has 0 spiro atoms. The zero-order chi connectivity index (χ0) is 12.0. The van der Waals surface area contributed by atoms with E-state index >= 15 is 0 Å². The first-order chi connectivity index (χ1) is 7.47. The van der Waals surface area contributed by atoms with E-state index in [0.717, 1.165) is 12.0 Å². The third-order valence-corrected chi connectivity index (χ3v) is 2.02. The summed E-state index contributed by atoms with van der Waals surface area (Å²) in [6.07, 6.45) is 0.772. The molecular weight excluding hydrogens is 207 g/mol. The highest BCUT2D eigenvalue weighted by Crippen LogP contribution is 2.07. The van der Waals surface area contributed by atoms with Crippen molar-refractivity contribution in [3.05, 3.63) is 35.6 Å². The molecule has 0 fully saturated rings. The van der Waals surface area contributed by atoms with Gasteiger partial charge in [-0.05, 0) is 44.9 Å². The number of halogens is 1. The Balaban J connectivity index is 2.14. The standard InChI is InChI=1S/C13H19FO2/c1-13(2,3)16-10-15-9-8-11-4-6-12(14)7-5-11/h4-7H,8-10H2,1-3H3. The Morgan fingerprint density at radius 3 is 2.31 bits per heavy atom. The molecule has 1 aromatic rings. The molecule has 0 amide bonds. The normalized spacial score (nSPS) is 11.8. The second-order valence-corrected chi connectivity index (χ2v) is 4.66. The molecule has 0 radical (unpaired) electrons. The van der Waals surface area contributed by atoms with Crippen LogP contribution in [0.2, 0.25) is 0 Å². The van der Waals surface area contributed by atoms with E-state index in [1.54, 1.807) is 12.1 Å². The molecule has 0 saturated heterocycles. The molecule has 0 aromatic heterocycles. The first-order valence-corrected chi connectivity index (χ1v) is 5.43. The first kappa shape index (κ1) is 13.1. The van der Waals surface area contributed by atoms with Crippen LogP contribution in [0.25, 0.3) is 0 Å². The quantitative estimate of drug-likeness (QED) is 0.567. The summed E-state index contributed by atoms with van der Waals surface area (Å²) in [7, 11) is 0. The number of benzene rings is 1. The second kappa shape index (κ2) is 5.97. The summed E-state index contributed by atoms with van der Waals surface area (Å²) in [5.74, 6) is -0.208. The summed E-state index contributed by atoms with van der Waals surface area (Å²) >= 11 is 0. The molecule has 0 heterocycles. The van der Waals surface area contributed by atoms with Gasteiger partial charge in [0, 0.05) is 0 Å². The summed E-state index contributed by atoms with van der Waals surface area (Å²) in [6, 6.07) is 6.45. The highest BCUT2D eigenvalue weighted by atomic mass is 19.1. The molecule has 90 valence electrons. The Kier molecular flexibility index (Phi) is 4.90. The Bertz CT molecular complexity index is 301. The van der Waals surface area contributed by atoms with E-state index in [-0.39, 0.29) is 11.4 Å². The maximum atomic E-state index is 12.6. The van der Waals surface area contributed by atoms with Crippen molar-refractivity contribution in [2.75, 3.05) is 13.4 Å².